The van der Waals surface area contributed by atoms with Gasteiger partial charge in [-0.1, -0.05) is 18.2 Å². The maximum atomic E-state index is 9.72. The Balaban J connectivity index is 1.89. The zero-order chi connectivity index (χ0) is 14.8. The van der Waals surface area contributed by atoms with Crippen LogP contribution in [0.25, 0.3) is 10.8 Å². The Hall–Kier alpha value is -2.55. The van der Waals surface area contributed by atoms with Crippen molar-refractivity contribution in [1.82, 2.24) is 4.98 Å². The molecule has 0 bridgehead atoms. The molecule has 0 aliphatic rings. The van der Waals surface area contributed by atoms with Crippen molar-refractivity contribution in [2.45, 2.75) is 20.4 Å². The van der Waals surface area contributed by atoms with E-state index in [-0.39, 0.29) is 0 Å². The zero-order valence-corrected chi connectivity index (χ0v) is 12.2. The van der Waals surface area contributed by atoms with E-state index in [2.05, 4.69) is 28.5 Å². The molecule has 0 radical (unpaired) electrons. The van der Waals surface area contributed by atoms with E-state index in [1.807, 2.05) is 38.4 Å². The summed E-state index contributed by atoms with van der Waals surface area (Å²) in [6.45, 7) is 4.64. The Morgan fingerprint density at radius 1 is 1.10 bits per heavy atom. The molecule has 3 aromatic rings. The van der Waals surface area contributed by atoms with Crippen LogP contribution >= 0.6 is 0 Å². The van der Waals surface area contributed by atoms with Gasteiger partial charge in [-0.25, -0.2) is 0 Å². The molecule has 3 nitrogen and oxygen atoms in total. The van der Waals surface area contributed by atoms with Crippen molar-refractivity contribution < 1.29 is 5.11 Å². The van der Waals surface area contributed by atoms with Crippen LogP contribution in [0.1, 0.15) is 16.7 Å². The van der Waals surface area contributed by atoms with E-state index in [9.17, 15) is 5.11 Å². The molecule has 106 valence electrons. The lowest BCUT2D eigenvalue weighted by atomic mass is 10.1. The first-order valence-corrected chi connectivity index (χ1v) is 7.01. The Kier molecular flexibility index (Phi) is 3.48. The number of aromatic hydroxyl groups is 1. The van der Waals surface area contributed by atoms with Crippen molar-refractivity contribution in [1.29, 1.82) is 0 Å². The minimum absolute atomic E-state index is 0.342. The van der Waals surface area contributed by atoms with E-state index in [1.54, 1.807) is 6.07 Å². The Morgan fingerprint density at radius 3 is 2.81 bits per heavy atom. The van der Waals surface area contributed by atoms with Crippen LogP contribution in [0.4, 0.5) is 5.69 Å². The number of aryl methyl sites for hydroxylation is 2. The summed E-state index contributed by atoms with van der Waals surface area (Å²) in [7, 11) is 0. The fourth-order valence-electron chi connectivity index (χ4n) is 2.53. The average molecular weight is 278 g/mol. The van der Waals surface area contributed by atoms with Gasteiger partial charge in [-0.05, 0) is 54.1 Å². The average Bonchev–Trinajstić information content (AvgIpc) is 2.49. The molecular weight excluding hydrogens is 260 g/mol. The molecule has 1 aromatic heterocycles. The van der Waals surface area contributed by atoms with E-state index in [0.29, 0.717) is 5.75 Å². The highest BCUT2D eigenvalue weighted by Gasteiger charge is 2.05. The molecule has 2 aromatic carbocycles. The molecule has 3 heteroatoms. The Bertz CT molecular complexity index is 791. The highest BCUT2D eigenvalue weighted by Crippen LogP contribution is 2.26. The van der Waals surface area contributed by atoms with Crippen LogP contribution in [0.3, 0.4) is 0 Å². The number of anilines is 1. The van der Waals surface area contributed by atoms with Gasteiger partial charge in [-0.15, -0.1) is 0 Å². The third-order valence-corrected chi connectivity index (χ3v) is 3.78. The summed E-state index contributed by atoms with van der Waals surface area (Å²) in [5.41, 5.74) is 4.21. The molecule has 0 atom stereocenters. The molecule has 0 aliphatic carbocycles. The standard InChI is InChI=1S/C18H18N2O/c1-12-9-18(21)13(2)8-17(12)20-11-15-5-3-4-14-10-19-7-6-16(14)15/h3-10,20-21H,11H2,1-2H3. The number of aromatic nitrogens is 1. The maximum Gasteiger partial charge on any atom is 0.118 e. The molecule has 0 fully saturated rings. The van der Waals surface area contributed by atoms with Gasteiger partial charge in [0.15, 0.2) is 0 Å². The summed E-state index contributed by atoms with van der Waals surface area (Å²) in [5.74, 6) is 0.342. The Labute approximate surface area is 124 Å². The van der Waals surface area contributed by atoms with Gasteiger partial charge < -0.3 is 10.4 Å². The Morgan fingerprint density at radius 2 is 1.95 bits per heavy atom. The van der Waals surface area contributed by atoms with Crippen LogP contribution in [-0.2, 0) is 6.54 Å². The number of hydrogen-bond donors (Lipinski definition) is 2. The lowest BCUT2D eigenvalue weighted by Gasteiger charge is -2.13. The molecule has 0 amide bonds. The van der Waals surface area contributed by atoms with Gasteiger partial charge in [0.1, 0.15) is 5.75 Å². The zero-order valence-electron chi connectivity index (χ0n) is 12.2. The number of nitrogens with zero attached hydrogens (tertiary/aromatic N) is 1. The van der Waals surface area contributed by atoms with Crippen LogP contribution in [-0.4, -0.2) is 10.1 Å². The summed E-state index contributed by atoms with van der Waals surface area (Å²) in [6.07, 6.45) is 3.70. The predicted molar refractivity (Wildman–Crippen MR) is 86.7 cm³/mol. The van der Waals surface area contributed by atoms with Crippen LogP contribution in [0.2, 0.25) is 0 Å². The topological polar surface area (TPSA) is 45.2 Å². The molecule has 2 N–H and O–H groups in total. The molecular formula is C18H18N2O. The smallest absolute Gasteiger partial charge is 0.118 e. The fourth-order valence-corrected chi connectivity index (χ4v) is 2.53. The van der Waals surface area contributed by atoms with Crippen LogP contribution in [0.5, 0.6) is 5.75 Å². The molecule has 0 saturated carbocycles. The number of fused-ring (bicyclic) bond motifs is 1. The first kappa shape index (κ1) is 13.4. The monoisotopic (exact) mass is 278 g/mol. The second-order valence-electron chi connectivity index (χ2n) is 5.32. The fraction of sp³-hybridized carbons (Fsp3) is 0.167. The summed E-state index contributed by atoms with van der Waals surface area (Å²) in [4.78, 5) is 4.16. The first-order valence-electron chi connectivity index (χ1n) is 7.01. The van der Waals surface area contributed by atoms with Crippen molar-refractivity contribution in [2.75, 3.05) is 5.32 Å². The van der Waals surface area contributed by atoms with Crippen molar-refractivity contribution in [3.63, 3.8) is 0 Å². The van der Waals surface area contributed by atoms with Crippen LogP contribution in [0, 0.1) is 13.8 Å². The summed E-state index contributed by atoms with van der Waals surface area (Å²) in [5, 5.41) is 15.5. The summed E-state index contributed by atoms with van der Waals surface area (Å²) in [6, 6.07) is 12.1. The molecule has 0 saturated heterocycles. The van der Waals surface area contributed by atoms with Crippen molar-refractivity contribution in [2.24, 2.45) is 0 Å². The summed E-state index contributed by atoms with van der Waals surface area (Å²) < 4.78 is 0. The van der Waals surface area contributed by atoms with E-state index in [1.165, 1.54) is 10.9 Å². The van der Waals surface area contributed by atoms with Gasteiger partial charge in [0.05, 0.1) is 0 Å². The molecule has 21 heavy (non-hydrogen) atoms. The highest BCUT2D eigenvalue weighted by molar-refractivity contribution is 5.85. The van der Waals surface area contributed by atoms with E-state index in [0.717, 1.165) is 28.7 Å². The number of phenols is 1. The normalized spacial score (nSPS) is 10.8. The van der Waals surface area contributed by atoms with Crippen molar-refractivity contribution in [3.05, 3.63) is 65.5 Å². The quantitative estimate of drug-likeness (QED) is 0.707. The van der Waals surface area contributed by atoms with E-state index < -0.39 is 0 Å². The second kappa shape index (κ2) is 5.44. The number of rotatable bonds is 3. The summed E-state index contributed by atoms with van der Waals surface area (Å²) >= 11 is 0. The number of nitrogens with one attached hydrogen (secondary N) is 1. The van der Waals surface area contributed by atoms with E-state index >= 15 is 0 Å². The van der Waals surface area contributed by atoms with Crippen molar-refractivity contribution in [3.8, 4) is 5.75 Å². The van der Waals surface area contributed by atoms with Crippen LogP contribution in [0.15, 0.2) is 48.8 Å². The van der Waals surface area contributed by atoms with Gasteiger partial charge in [0.2, 0.25) is 0 Å². The number of benzene rings is 2. The third-order valence-electron chi connectivity index (χ3n) is 3.78. The van der Waals surface area contributed by atoms with Gasteiger partial charge in [-0.3, -0.25) is 4.98 Å². The van der Waals surface area contributed by atoms with Gasteiger partial charge in [0.25, 0.3) is 0 Å². The maximum absolute atomic E-state index is 9.72. The largest absolute Gasteiger partial charge is 0.508 e. The third kappa shape index (κ3) is 2.68. The predicted octanol–water partition coefficient (Wildman–Crippen LogP) is 4.17. The van der Waals surface area contributed by atoms with Crippen molar-refractivity contribution >= 4 is 16.5 Å². The number of phenolic OH excluding ortho intramolecular Hbond substituents is 1. The van der Waals surface area contributed by atoms with Gasteiger partial charge >= 0.3 is 0 Å². The number of hydrogen-bond acceptors (Lipinski definition) is 3. The SMILES string of the molecule is Cc1cc(NCc2cccc3cnccc23)c(C)cc1O. The minimum Gasteiger partial charge on any atom is -0.508 e. The highest BCUT2D eigenvalue weighted by atomic mass is 16.3. The molecule has 0 spiro atoms. The second-order valence-corrected chi connectivity index (χ2v) is 5.32. The minimum atomic E-state index is 0.342. The van der Waals surface area contributed by atoms with Gasteiger partial charge in [0, 0.05) is 30.0 Å². The lowest BCUT2D eigenvalue weighted by Crippen LogP contribution is -2.02. The molecule has 1 heterocycles. The molecule has 3 rings (SSSR count). The molecule has 0 aliphatic heterocycles. The van der Waals surface area contributed by atoms with Crippen LogP contribution < -0.4 is 5.32 Å². The first-order chi connectivity index (χ1) is 10.1. The number of pyridine rings is 1. The lowest BCUT2D eigenvalue weighted by molar-refractivity contribution is 0.471. The van der Waals surface area contributed by atoms with E-state index in [4.69, 9.17) is 0 Å². The van der Waals surface area contributed by atoms with Gasteiger partial charge in [-0.2, -0.15) is 0 Å². The molecule has 0 unspecified atom stereocenters.